The van der Waals surface area contributed by atoms with Crippen molar-refractivity contribution in [3.8, 4) is 16.9 Å². The van der Waals surface area contributed by atoms with Gasteiger partial charge in [-0.2, -0.15) is 0 Å². The van der Waals surface area contributed by atoms with Gasteiger partial charge in [0.1, 0.15) is 18.4 Å². The molecule has 1 heterocycles. The van der Waals surface area contributed by atoms with Crippen LogP contribution in [0, 0.1) is 0 Å². The third-order valence-electron chi connectivity index (χ3n) is 5.42. The summed E-state index contributed by atoms with van der Waals surface area (Å²) in [7, 11) is 0. The highest BCUT2D eigenvalue weighted by atomic mass is 35.5. The minimum atomic E-state index is -1.18. The van der Waals surface area contributed by atoms with Crippen molar-refractivity contribution in [2.24, 2.45) is 5.73 Å². The number of benzene rings is 3. The molecule has 0 saturated carbocycles. The molecule has 0 bridgehead atoms. The van der Waals surface area contributed by atoms with Crippen LogP contribution in [0.1, 0.15) is 17.5 Å². The molecule has 0 saturated heterocycles. The largest absolute Gasteiger partial charge is 0.489 e. The summed E-state index contributed by atoms with van der Waals surface area (Å²) in [6, 6.07) is 22.8. The average Bonchev–Trinajstić information content (AvgIpc) is 3.22. The van der Waals surface area contributed by atoms with Crippen LogP contribution in [0.3, 0.4) is 0 Å². The molecule has 3 aromatic carbocycles. The summed E-state index contributed by atoms with van der Waals surface area (Å²) < 4.78 is 5.85. The van der Waals surface area contributed by atoms with Gasteiger partial charge in [-0.05, 0) is 52.9 Å². The smallest absolute Gasteiger partial charge is 0.321 e. The molecule has 1 aliphatic rings. The molecule has 7 heteroatoms. The molecule has 3 aromatic rings. The molecular weight excluding hydrogens is 428 g/mol. The van der Waals surface area contributed by atoms with Crippen molar-refractivity contribution >= 4 is 30.0 Å². The Morgan fingerprint density at radius 3 is 2.38 bits per heavy atom. The maximum atomic E-state index is 12.4. The zero-order chi connectivity index (χ0) is 21.8. The SMILES string of the molecule is Cl.NC(CC(=O)N1CCc2cc(-c3ccc(OCc4ccccc4)cc3)ccc21)C(=O)O. The number of hydrogen-bond acceptors (Lipinski definition) is 4. The quantitative estimate of drug-likeness (QED) is 0.564. The Kier molecular flexibility index (Phi) is 7.51. The van der Waals surface area contributed by atoms with Gasteiger partial charge >= 0.3 is 5.97 Å². The van der Waals surface area contributed by atoms with E-state index in [-0.39, 0.29) is 24.7 Å². The Labute approximate surface area is 193 Å². The Hall–Kier alpha value is -3.35. The molecule has 166 valence electrons. The van der Waals surface area contributed by atoms with Crippen molar-refractivity contribution in [2.75, 3.05) is 11.4 Å². The Morgan fingerprint density at radius 2 is 1.69 bits per heavy atom. The van der Waals surface area contributed by atoms with Crippen LogP contribution in [0.15, 0.2) is 72.8 Å². The van der Waals surface area contributed by atoms with Crippen LogP contribution in [0.5, 0.6) is 5.75 Å². The molecule has 3 N–H and O–H groups in total. The van der Waals surface area contributed by atoms with E-state index in [0.29, 0.717) is 13.2 Å². The topological polar surface area (TPSA) is 92.9 Å². The Bertz CT molecular complexity index is 1090. The molecule has 0 fully saturated rings. The predicted octanol–water partition coefficient (Wildman–Crippen LogP) is 4.05. The summed E-state index contributed by atoms with van der Waals surface area (Å²) in [5.74, 6) is -0.624. The third kappa shape index (κ3) is 5.28. The van der Waals surface area contributed by atoms with Crippen molar-refractivity contribution in [1.29, 1.82) is 0 Å². The van der Waals surface area contributed by atoms with E-state index in [1.165, 1.54) is 0 Å². The van der Waals surface area contributed by atoms with E-state index in [1.807, 2.05) is 66.7 Å². The predicted molar refractivity (Wildman–Crippen MR) is 126 cm³/mol. The fourth-order valence-electron chi connectivity index (χ4n) is 3.71. The number of fused-ring (bicyclic) bond motifs is 1. The number of anilines is 1. The van der Waals surface area contributed by atoms with Gasteiger partial charge < -0.3 is 20.5 Å². The average molecular weight is 453 g/mol. The van der Waals surface area contributed by atoms with E-state index in [4.69, 9.17) is 15.6 Å². The molecule has 1 atom stereocenters. The van der Waals surface area contributed by atoms with Gasteiger partial charge in [0.25, 0.3) is 0 Å². The van der Waals surface area contributed by atoms with Gasteiger partial charge in [-0.25, -0.2) is 0 Å². The molecule has 0 aliphatic carbocycles. The number of carbonyl (C=O) groups excluding carboxylic acids is 1. The van der Waals surface area contributed by atoms with E-state index in [1.54, 1.807) is 4.90 Å². The summed E-state index contributed by atoms with van der Waals surface area (Å²) in [6.45, 7) is 1.06. The van der Waals surface area contributed by atoms with Crippen molar-refractivity contribution in [3.05, 3.63) is 83.9 Å². The molecule has 0 radical (unpaired) electrons. The summed E-state index contributed by atoms with van der Waals surface area (Å²) in [4.78, 5) is 25.0. The van der Waals surface area contributed by atoms with E-state index >= 15 is 0 Å². The number of nitrogens with two attached hydrogens (primary N) is 1. The van der Waals surface area contributed by atoms with E-state index < -0.39 is 12.0 Å². The molecule has 32 heavy (non-hydrogen) atoms. The van der Waals surface area contributed by atoms with Crippen molar-refractivity contribution < 1.29 is 19.4 Å². The molecule has 6 nitrogen and oxygen atoms in total. The lowest BCUT2D eigenvalue weighted by Gasteiger charge is -2.19. The highest BCUT2D eigenvalue weighted by Gasteiger charge is 2.27. The summed E-state index contributed by atoms with van der Waals surface area (Å²) in [6.07, 6.45) is 0.524. The van der Waals surface area contributed by atoms with Crippen molar-refractivity contribution in [2.45, 2.75) is 25.5 Å². The first-order valence-corrected chi connectivity index (χ1v) is 10.2. The number of carboxylic acids is 1. The number of rotatable bonds is 7. The summed E-state index contributed by atoms with van der Waals surface area (Å²) in [5, 5.41) is 8.94. The number of amides is 1. The number of halogens is 1. The van der Waals surface area contributed by atoms with Crippen LogP contribution in [0.2, 0.25) is 0 Å². The van der Waals surface area contributed by atoms with Crippen LogP contribution >= 0.6 is 12.4 Å². The molecule has 4 rings (SSSR count). The first-order chi connectivity index (χ1) is 15.0. The molecule has 1 amide bonds. The van der Waals surface area contributed by atoms with E-state index in [2.05, 4.69) is 6.07 Å². The molecule has 1 unspecified atom stereocenters. The van der Waals surface area contributed by atoms with Gasteiger partial charge in [0.05, 0.1) is 6.42 Å². The molecule has 0 spiro atoms. The lowest BCUT2D eigenvalue weighted by Crippen LogP contribution is -2.38. The van der Waals surface area contributed by atoms with Crippen LogP contribution < -0.4 is 15.4 Å². The second-order valence-corrected chi connectivity index (χ2v) is 7.59. The third-order valence-corrected chi connectivity index (χ3v) is 5.42. The lowest BCUT2D eigenvalue weighted by atomic mass is 10.0. The first kappa shape index (κ1) is 23.3. The van der Waals surface area contributed by atoms with Gasteiger partial charge in [0, 0.05) is 12.2 Å². The van der Waals surface area contributed by atoms with Gasteiger partial charge in [-0.1, -0.05) is 48.5 Å². The molecular formula is C25H25ClN2O4. The number of carboxylic acid groups (broad SMARTS) is 1. The molecule has 0 aromatic heterocycles. The minimum absolute atomic E-state index is 0. The van der Waals surface area contributed by atoms with Gasteiger partial charge in [0.15, 0.2) is 0 Å². The second kappa shape index (κ2) is 10.3. The van der Waals surface area contributed by atoms with Crippen LogP contribution in [0.25, 0.3) is 11.1 Å². The number of carbonyl (C=O) groups is 2. The lowest BCUT2D eigenvalue weighted by molar-refractivity contribution is -0.140. The highest BCUT2D eigenvalue weighted by Crippen LogP contribution is 2.33. The van der Waals surface area contributed by atoms with Crippen LogP contribution in [0.4, 0.5) is 5.69 Å². The first-order valence-electron chi connectivity index (χ1n) is 10.2. The van der Waals surface area contributed by atoms with Gasteiger partial charge in [0.2, 0.25) is 5.91 Å². The van der Waals surface area contributed by atoms with Gasteiger partial charge in [-0.3, -0.25) is 9.59 Å². The second-order valence-electron chi connectivity index (χ2n) is 7.59. The van der Waals surface area contributed by atoms with Crippen LogP contribution in [-0.2, 0) is 22.6 Å². The fraction of sp³-hybridized carbons (Fsp3) is 0.200. The fourth-order valence-corrected chi connectivity index (χ4v) is 3.71. The highest BCUT2D eigenvalue weighted by molar-refractivity contribution is 5.98. The summed E-state index contributed by atoms with van der Waals surface area (Å²) in [5.41, 5.74) is 10.7. The number of hydrogen-bond donors (Lipinski definition) is 2. The zero-order valence-corrected chi connectivity index (χ0v) is 18.3. The van der Waals surface area contributed by atoms with Crippen molar-refractivity contribution in [3.63, 3.8) is 0 Å². The minimum Gasteiger partial charge on any atom is -0.489 e. The number of aliphatic carboxylic acids is 1. The van der Waals surface area contributed by atoms with E-state index in [0.717, 1.165) is 40.1 Å². The number of ether oxygens (including phenoxy) is 1. The van der Waals surface area contributed by atoms with Crippen molar-refractivity contribution in [1.82, 2.24) is 0 Å². The van der Waals surface area contributed by atoms with E-state index in [9.17, 15) is 9.59 Å². The zero-order valence-electron chi connectivity index (χ0n) is 17.4. The van der Waals surface area contributed by atoms with Crippen LogP contribution in [-0.4, -0.2) is 29.6 Å². The Morgan fingerprint density at radius 1 is 1.00 bits per heavy atom. The summed E-state index contributed by atoms with van der Waals surface area (Å²) >= 11 is 0. The Balaban J connectivity index is 0.00000289. The number of nitrogens with zero attached hydrogens (tertiary/aromatic N) is 1. The standard InChI is InChI=1S/C25H24N2O4.ClH/c26-22(25(29)30)15-24(28)27-13-12-20-14-19(8-11-23(20)27)18-6-9-21(10-7-18)31-16-17-4-2-1-3-5-17;/h1-11,14,22H,12-13,15-16,26H2,(H,29,30);1H. The normalized spacial score (nSPS) is 13.1. The maximum absolute atomic E-state index is 12.4. The maximum Gasteiger partial charge on any atom is 0.321 e. The molecule has 1 aliphatic heterocycles. The monoisotopic (exact) mass is 452 g/mol. The van der Waals surface area contributed by atoms with Gasteiger partial charge in [-0.15, -0.1) is 12.4 Å².